The van der Waals surface area contributed by atoms with Crippen molar-refractivity contribution in [3.8, 4) is 5.75 Å². The van der Waals surface area contributed by atoms with Gasteiger partial charge in [0.05, 0.1) is 12.9 Å². The fourth-order valence-corrected chi connectivity index (χ4v) is 7.31. The molecule has 258 valence electrons. The number of aromatic amines is 1. The highest BCUT2D eigenvalue weighted by atomic mass is 31.2. The van der Waals surface area contributed by atoms with E-state index >= 15 is 0 Å². The highest BCUT2D eigenvalue weighted by molar-refractivity contribution is 7.52. The van der Waals surface area contributed by atoms with Crippen molar-refractivity contribution in [2.75, 3.05) is 12.3 Å². The Labute approximate surface area is 280 Å². The van der Waals surface area contributed by atoms with Gasteiger partial charge in [-0.1, -0.05) is 80.6 Å². The Morgan fingerprint density at radius 3 is 2.61 bits per heavy atom. The molecule has 6 rings (SSSR count). The number of aliphatic hydroxyl groups is 2. The standard InChI is InChI=1S/C33H37N6O9P/c1-19(2)25(30(42)45-16-20-10-5-4-6-11-20)38-49(44,48-23-15-9-13-21-12-7-8-14-22(21)23)46-17-24-27(40)33(3,43)31(47-24)39-18-35-26-28(39)36-32(34)37-29(26)41/h4-15,18-19,24-25,27,31,40,43H,16-17H2,1-3H3,(H,38,44)(H3,34,36,37,41)/t24-,25-,27-,31-,33-,49?/m1/s1. The first kappa shape index (κ1) is 34.2. The van der Waals surface area contributed by atoms with Gasteiger partial charge < -0.3 is 29.9 Å². The molecule has 0 spiro atoms. The first-order valence-electron chi connectivity index (χ1n) is 15.5. The van der Waals surface area contributed by atoms with Crippen LogP contribution in [0.2, 0.25) is 0 Å². The molecule has 15 nitrogen and oxygen atoms in total. The predicted octanol–water partition coefficient (Wildman–Crippen LogP) is 3.43. The normalized spacial score (nSPS) is 22.7. The largest absolute Gasteiger partial charge is 0.460 e. The van der Waals surface area contributed by atoms with E-state index in [9.17, 15) is 24.4 Å². The minimum Gasteiger partial charge on any atom is -0.460 e. The van der Waals surface area contributed by atoms with Crippen molar-refractivity contribution in [3.63, 3.8) is 0 Å². The summed E-state index contributed by atoms with van der Waals surface area (Å²) in [5.41, 5.74) is 3.90. The third-order valence-corrected chi connectivity index (χ3v) is 9.80. The van der Waals surface area contributed by atoms with Crippen molar-refractivity contribution in [2.24, 2.45) is 5.92 Å². The van der Waals surface area contributed by atoms with Gasteiger partial charge in [0.2, 0.25) is 5.95 Å². The molecule has 3 aromatic carbocycles. The maximum Gasteiger partial charge on any atom is 0.459 e. The number of anilines is 1. The Morgan fingerprint density at radius 1 is 1.14 bits per heavy atom. The number of esters is 1. The molecule has 0 bridgehead atoms. The number of hydrogen-bond donors (Lipinski definition) is 5. The minimum atomic E-state index is -4.47. The highest BCUT2D eigenvalue weighted by Gasteiger charge is 2.54. The second-order valence-electron chi connectivity index (χ2n) is 12.3. The summed E-state index contributed by atoms with van der Waals surface area (Å²) in [6.45, 7) is 4.25. The van der Waals surface area contributed by atoms with Gasteiger partial charge in [-0.15, -0.1) is 0 Å². The maximum atomic E-state index is 14.7. The van der Waals surface area contributed by atoms with E-state index in [1.807, 2.05) is 48.5 Å². The lowest BCUT2D eigenvalue weighted by molar-refractivity contribution is -0.148. The van der Waals surface area contributed by atoms with Crippen LogP contribution in [0.1, 0.15) is 32.6 Å². The number of nitrogens with two attached hydrogens (primary N) is 1. The fourth-order valence-electron chi connectivity index (χ4n) is 5.62. The Hall–Kier alpha value is -4.63. The second kappa shape index (κ2) is 13.7. The molecule has 6 atom stereocenters. The summed E-state index contributed by atoms with van der Waals surface area (Å²) in [6, 6.07) is 20.5. The number of H-pyrrole nitrogens is 1. The molecule has 5 aromatic rings. The summed E-state index contributed by atoms with van der Waals surface area (Å²) in [5, 5.41) is 26.8. The number of imidazole rings is 1. The molecule has 6 N–H and O–H groups in total. The monoisotopic (exact) mass is 692 g/mol. The zero-order valence-electron chi connectivity index (χ0n) is 26.9. The van der Waals surface area contributed by atoms with Crippen LogP contribution in [0.4, 0.5) is 5.95 Å². The number of hydrogen-bond acceptors (Lipinski definition) is 12. The molecule has 0 amide bonds. The molecule has 3 heterocycles. The summed E-state index contributed by atoms with van der Waals surface area (Å²) in [6.07, 6.45) is -2.94. The van der Waals surface area contributed by atoms with Crippen LogP contribution in [0.5, 0.6) is 5.75 Å². The number of carbonyl (C=O) groups excluding carboxylic acids is 1. The van der Waals surface area contributed by atoms with Crippen molar-refractivity contribution in [1.82, 2.24) is 24.6 Å². The van der Waals surface area contributed by atoms with E-state index in [2.05, 4.69) is 20.0 Å². The lowest BCUT2D eigenvalue weighted by Gasteiger charge is -2.28. The summed E-state index contributed by atoms with van der Waals surface area (Å²) < 4.78 is 39.5. The zero-order valence-corrected chi connectivity index (χ0v) is 27.8. The molecular formula is C33H37N6O9P. The molecule has 1 aliphatic heterocycles. The number of nitrogens with one attached hydrogen (secondary N) is 2. The third-order valence-electron chi connectivity index (χ3n) is 8.28. The molecule has 16 heteroatoms. The molecule has 1 fully saturated rings. The van der Waals surface area contributed by atoms with Crippen LogP contribution in [0.25, 0.3) is 21.9 Å². The number of aliphatic hydroxyl groups excluding tert-OH is 1. The van der Waals surface area contributed by atoms with Crippen LogP contribution in [-0.4, -0.2) is 66.2 Å². The Morgan fingerprint density at radius 2 is 1.86 bits per heavy atom. The van der Waals surface area contributed by atoms with E-state index in [4.69, 9.17) is 24.3 Å². The first-order valence-corrected chi connectivity index (χ1v) is 17.1. The van der Waals surface area contributed by atoms with E-state index in [0.29, 0.717) is 5.39 Å². The number of benzene rings is 3. The molecular weight excluding hydrogens is 655 g/mol. The zero-order chi connectivity index (χ0) is 34.9. The van der Waals surface area contributed by atoms with Gasteiger partial charge in [-0.3, -0.25) is 23.7 Å². The number of ether oxygens (including phenoxy) is 2. The quantitative estimate of drug-likeness (QED) is 0.0938. The van der Waals surface area contributed by atoms with Crippen molar-refractivity contribution >= 4 is 41.6 Å². The lowest BCUT2D eigenvalue weighted by atomic mass is 9.96. The van der Waals surface area contributed by atoms with Crippen LogP contribution < -0.4 is 20.9 Å². The van der Waals surface area contributed by atoms with Gasteiger partial charge in [0.1, 0.15) is 36.2 Å². The Kier molecular flexibility index (Phi) is 9.58. The number of nitrogens with zero attached hydrogens (tertiary/aromatic N) is 3. The molecule has 1 aliphatic rings. The van der Waals surface area contributed by atoms with E-state index in [1.54, 1.807) is 38.1 Å². The minimum absolute atomic E-state index is 0.00615. The Balaban J connectivity index is 1.27. The van der Waals surface area contributed by atoms with E-state index in [1.165, 1.54) is 17.8 Å². The fraction of sp³-hybridized carbons (Fsp3) is 0.333. The molecule has 1 unspecified atom stereocenters. The van der Waals surface area contributed by atoms with Gasteiger partial charge >= 0.3 is 13.7 Å². The highest BCUT2D eigenvalue weighted by Crippen LogP contribution is 2.49. The molecule has 1 saturated heterocycles. The van der Waals surface area contributed by atoms with Crippen LogP contribution in [-0.2, 0) is 30.0 Å². The van der Waals surface area contributed by atoms with Crippen LogP contribution in [0, 0.1) is 5.92 Å². The van der Waals surface area contributed by atoms with Gasteiger partial charge in [0.25, 0.3) is 5.56 Å². The van der Waals surface area contributed by atoms with Crippen molar-refractivity contribution in [2.45, 2.75) is 57.5 Å². The molecule has 0 saturated carbocycles. The first-order chi connectivity index (χ1) is 23.4. The number of carbonyl (C=O) groups is 1. The van der Waals surface area contributed by atoms with Crippen molar-refractivity contribution in [1.29, 1.82) is 0 Å². The summed E-state index contributed by atoms with van der Waals surface area (Å²) in [5.74, 6) is -1.08. The lowest BCUT2D eigenvalue weighted by Crippen LogP contribution is -2.45. The SMILES string of the molecule is CC(C)[C@@H](NP(=O)(OC[C@H]1O[C@@H](n2cnc3c(=O)[nH]c(N)nc32)[C@](C)(O)[C@@H]1O)Oc1cccc2ccccc12)C(=O)OCc1ccccc1. The summed E-state index contributed by atoms with van der Waals surface area (Å²) >= 11 is 0. The average Bonchev–Trinajstić information content (AvgIpc) is 3.59. The molecule has 49 heavy (non-hydrogen) atoms. The average molecular weight is 693 g/mol. The number of nitrogen functional groups attached to an aromatic ring is 1. The topological polar surface area (TPSA) is 213 Å². The smallest absolute Gasteiger partial charge is 0.459 e. The summed E-state index contributed by atoms with van der Waals surface area (Å²) in [4.78, 5) is 36.2. The Bertz CT molecular complexity index is 2060. The summed E-state index contributed by atoms with van der Waals surface area (Å²) in [7, 11) is -4.47. The molecule has 0 aliphatic carbocycles. The van der Waals surface area contributed by atoms with Gasteiger partial charge in [-0.2, -0.15) is 10.1 Å². The van der Waals surface area contributed by atoms with Gasteiger partial charge in [-0.05, 0) is 29.9 Å². The van der Waals surface area contributed by atoms with Gasteiger partial charge in [0, 0.05) is 5.39 Å². The van der Waals surface area contributed by atoms with E-state index < -0.39 is 61.9 Å². The maximum absolute atomic E-state index is 14.7. The van der Waals surface area contributed by atoms with E-state index in [0.717, 1.165) is 10.9 Å². The van der Waals surface area contributed by atoms with Gasteiger partial charge in [-0.25, -0.2) is 9.55 Å². The van der Waals surface area contributed by atoms with Crippen molar-refractivity contribution in [3.05, 3.63) is 95.0 Å². The molecule has 0 radical (unpaired) electrons. The van der Waals surface area contributed by atoms with Gasteiger partial charge in [0.15, 0.2) is 17.4 Å². The number of fused-ring (bicyclic) bond motifs is 2. The second-order valence-corrected chi connectivity index (χ2v) is 14.0. The van der Waals surface area contributed by atoms with Crippen LogP contribution >= 0.6 is 7.75 Å². The predicted molar refractivity (Wildman–Crippen MR) is 179 cm³/mol. The third kappa shape index (κ3) is 7.08. The van der Waals surface area contributed by atoms with Crippen LogP contribution in [0.3, 0.4) is 0 Å². The number of rotatable bonds is 12. The number of aromatic nitrogens is 4. The van der Waals surface area contributed by atoms with Crippen LogP contribution in [0.15, 0.2) is 83.9 Å². The molecule has 2 aromatic heterocycles. The van der Waals surface area contributed by atoms with Crippen molar-refractivity contribution < 1.29 is 38.1 Å². The van der Waals surface area contributed by atoms with E-state index in [-0.39, 0.29) is 29.5 Å².